The molecule has 3 aromatic rings. The second-order valence-electron chi connectivity index (χ2n) is 7.16. The number of sulfonamides is 1. The third kappa shape index (κ3) is 5.11. The molecule has 1 N–H and O–H groups in total. The molecule has 0 aliphatic rings. The Morgan fingerprint density at radius 3 is 2.27 bits per heavy atom. The first-order chi connectivity index (χ1) is 14.2. The Hall–Kier alpha value is -2.61. The fraction of sp³-hybridized carbons (Fsp3) is 0.174. The zero-order valence-electron chi connectivity index (χ0n) is 17.3. The minimum absolute atomic E-state index is 0.0837. The molecule has 1 amide bonds. The van der Waals surface area contributed by atoms with Crippen LogP contribution in [0.4, 0.5) is 5.69 Å². The predicted octanol–water partition coefficient (Wildman–Crippen LogP) is 4.96. The van der Waals surface area contributed by atoms with E-state index >= 15 is 0 Å². The van der Waals surface area contributed by atoms with Crippen LogP contribution in [0.15, 0.2) is 81.4 Å². The highest BCUT2D eigenvalue weighted by Gasteiger charge is 2.18. The molecule has 0 unspecified atom stereocenters. The molecule has 0 bridgehead atoms. The molecule has 0 heterocycles. The molecule has 0 spiro atoms. The van der Waals surface area contributed by atoms with Crippen LogP contribution in [0, 0.1) is 13.8 Å². The summed E-state index contributed by atoms with van der Waals surface area (Å²) in [6, 6.07) is 20.0. The number of rotatable bonds is 6. The molecule has 30 heavy (non-hydrogen) atoms. The van der Waals surface area contributed by atoms with Crippen molar-refractivity contribution in [3.8, 4) is 0 Å². The number of benzene rings is 3. The van der Waals surface area contributed by atoms with Crippen LogP contribution in [-0.2, 0) is 10.0 Å². The Balaban J connectivity index is 1.72. The van der Waals surface area contributed by atoms with Gasteiger partial charge in [-0.3, -0.25) is 4.79 Å². The van der Waals surface area contributed by atoms with Crippen molar-refractivity contribution in [2.24, 2.45) is 0 Å². The molecule has 156 valence electrons. The van der Waals surface area contributed by atoms with Crippen LogP contribution in [0.5, 0.6) is 0 Å². The summed E-state index contributed by atoms with van der Waals surface area (Å²) in [4.78, 5) is 14.9. The Bertz CT molecular complexity index is 1170. The third-order valence-electron chi connectivity index (χ3n) is 4.55. The summed E-state index contributed by atoms with van der Waals surface area (Å²) in [5, 5.41) is 2.82. The van der Waals surface area contributed by atoms with Crippen LogP contribution >= 0.6 is 11.8 Å². The smallest absolute Gasteiger partial charge is 0.255 e. The summed E-state index contributed by atoms with van der Waals surface area (Å²) < 4.78 is 25.7. The zero-order chi connectivity index (χ0) is 21.9. The van der Waals surface area contributed by atoms with Gasteiger partial charge in [0.25, 0.3) is 5.91 Å². The Kier molecular flexibility index (Phi) is 6.65. The van der Waals surface area contributed by atoms with E-state index in [1.54, 1.807) is 23.9 Å². The Morgan fingerprint density at radius 2 is 1.63 bits per heavy atom. The number of hydrogen-bond donors (Lipinski definition) is 1. The molecule has 0 atom stereocenters. The SMILES string of the molecule is Cc1ccc(Sc2ccc(NC(=O)c3cccc(S(=O)(=O)N(C)C)c3)cc2)c(C)c1. The molecule has 0 saturated carbocycles. The quantitative estimate of drug-likeness (QED) is 0.588. The van der Waals surface area contributed by atoms with E-state index in [1.165, 1.54) is 42.3 Å². The fourth-order valence-electron chi connectivity index (χ4n) is 2.86. The maximum absolute atomic E-state index is 12.6. The van der Waals surface area contributed by atoms with Gasteiger partial charge in [0.1, 0.15) is 0 Å². The molecule has 0 radical (unpaired) electrons. The number of carbonyl (C=O) groups excluding carboxylic acids is 1. The second kappa shape index (κ2) is 9.04. The van der Waals surface area contributed by atoms with E-state index in [0.717, 1.165) is 9.20 Å². The van der Waals surface area contributed by atoms with Gasteiger partial charge < -0.3 is 5.32 Å². The summed E-state index contributed by atoms with van der Waals surface area (Å²) in [5.41, 5.74) is 3.39. The van der Waals surface area contributed by atoms with E-state index in [1.807, 2.05) is 24.3 Å². The first kappa shape index (κ1) is 22.1. The first-order valence-corrected chi connectivity index (χ1v) is 11.6. The number of aryl methyl sites for hydroxylation is 2. The van der Waals surface area contributed by atoms with Crippen LogP contribution in [0.1, 0.15) is 21.5 Å². The summed E-state index contributed by atoms with van der Waals surface area (Å²) in [6.45, 7) is 4.17. The second-order valence-corrected chi connectivity index (χ2v) is 10.4. The monoisotopic (exact) mass is 440 g/mol. The average molecular weight is 441 g/mol. The summed E-state index contributed by atoms with van der Waals surface area (Å²) in [7, 11) is -0.681. The molecule has 0 fully saturated rings. The van der Waals surface area contributed by atoms with Crippen molar-refractivity contribution < 1.29 is 13.2 Å². The average Bonchev–Trinajstić information content (AvgIpc) is 2.71. The molecule has 5 nitrogen and oxygen atoms in total. The molecule has 0 aromatic heterocycles. The molecule has 0 saturated heterocycles. The van der Waals surface area contributed by atoms with Crippen LogP contribution in [-0.4, -0.2) is 32.7 Å². The minimum Gasteiger partial charge on any atom is -0.322 e. The Labute approximate surface area is 182 Å². The highest BCUT2D eigenvalue weighted by Crippen LogP contribution is 2.31. The number of nitrogens with one attached hydrogen (secondary N) is 1. The number of nitrogens with zero attached hydrogens (tertiary/aromatic N) is 1. The van der Waals surface area contributed by atoms with Gasteiger partial charge in [0.2, 0.25) is 10.0 Å². The lowest BCUT2D eigenvalue weighted by Gasteiger charge is -2.12. The van der Waals surface area contributed by atoms with E-state index in [4.69, 9.17) is 0 Å². The minimum atomic E-state index is -3.60. The van der Waals surface area contributed by atoms with Gasteiger partial charge in [-0.15, -0.1) is 0 Å². The van der Waals surface area contributed by atoms with E-state index in [2.05, 4.69) is 37.4 Å². The van der Waals surface area contributed by atoms with Gasteiger partial charge in [-0.1, -0.05) is 35.5 Å². The van der Waals surface area contributed by atoms with Crippen LogP contribution < -0.4 is 5.32 Å². The lowest BCUT2D eigenvalue weighted by molar-refractivity contribution is 0.102. The standard InChI is InChI=1S/C23H24N2O3S2/c1-16-8-13-22(17(2)14-16)29-20-11-9-19(10-12-20)24-23(26)18-6-5-7-21(15-18)30(27,28)25(3)4/h5-15H,1-4H3,(H,24,26). The van der Waals surface area contributed by atoms with Gasteiger partial charge in [0, 0.05) is 35.1 Å². The van der Waals surface area contributed by atoms with Gasteiger partial charge >= 0.3 is 0 Å². The normalized spacial score (nSPS) is 11.5. The van der Waals surface area contributed by atoms with Gasteiger partial charge in [-0.25, -0.2) is 12.7 Å². The Morgan fingerprint density at radius 1 is 0.933 bits per heavy atom. The first-order valence-electron chi connectivity index (χ1n) is 9.36. The lowest BCUT2D eigenvalue weighted by Crippen LogP contribution is -2.22. The molecular formula is C23H24N2O3S2. The van der Waals surface area contributed by atoms with Crippen molar-refractivity contribution in [3.05, 3.63) is 83.4 Å². The molecule has 3 rings (SSSR count). The molecule has 3 aromatic carbocycles. The number of carbonyl (C=O) groups is 1. The fourth-order valence-corrected chi connectivity index (χ4v) is 4.69. The molecule has 7 heteroatoms. The van der Waals surface area contributed by atoms with Crippen molar-refractivity contribution >= 4 is 33.4 Å². The maximum Gasteiger partial charge on any atom is 0.255 e. The van der Waals surface area contributed by atoms with E-state index in [0.29, 0.717) is 5.69 Å². The van der Waals surface area contributed by atoms with E-state index < -0.39 is 10.0 Å². The zero-order valence-corrected chi connectivity index (χ0v) is 19.0. The van der Waals surface area contributed by atoms with Crippen molar-refractivity contribution in [1.82, 2.24) is 4.31 Å². The van der Waals surface area contributed by atoms with Crippen molar-refractivity contribution in [1.29, 1.82) is 0 Å². The molecule has 0 aliphatic carbocycles. The number of hydrogen-bond acceptors (Lipinski definition) is 4. The highest BCUT2D eigenvalue weighted by atomic mass is 32.2. The highest BCUT2D eigenvalue weighted by molar-refractivity contribution is 7.99. The van der Waals surface area contributed by atoms with Crippen molar-refractivity contribution in [3.63, 3.8) is 0 Å². The van der Waals surface area contributed by atoms with Crippen molar-refractivity contribution in [2.45, 2.75) is 28.5 Å². The predicted molar refractivity (Wildman–Crippen MR) is 122 cm³/mol. The topological polar surface area (TPSA) is 66.5 Å². The van der Waals surface area contributed by atoms with Crippen LogP contribution in [0.25, 0.3) is 0 Å². The van der Waals surface area contributed by atoms with Gasteiger partial charge in [-0.05, 0) is 67.9 Å². The number of anilines is 1. The summed E-state index contributed by atoms with van der Waals surface area (Å²) in [5.74, 6) is -0.361. The molecular weight excluding hydrogens is 416 g/mol. The van der Waals surface area contributed by atoms with Gasteiger partial charge in [-0.2, -0.15) is 0 Å². The molecule has 0 aliphatic heterocycles. The van der Waals surface area contributed by atoms with Gasteiger partial charge in [0.15, 0.2) is 0 Å². The van der Waals surface area contributed by atoms with Crippen LogP contribution in [0.2, 0.25) is 0 Å². The van der Waals surface area contributed by atoms with E-state index in [-0.39, 0.29) is 16.4 Å². The van der Waals surface area contributed by atoms with E-state index in [9.17, 15) is 13.2 Å². The summed E-state index contributed by atoms with van der Waals surface area (Å²) in [6.07, 6.45) is 0. The maximum atomic E-state index is 12.6. The van der Waals surface area contributed by atoms with Crippen molar-refractivity contribution in [2.75, 3.05) is 19.4 Å². The lowest BCUT2D eigenvalue weighted by atomic mass is 10.2. The summed E-state index contributed by atoms with van der Waals surface area (Å²) >= 11 is 1.67. The third-order valence-corrected chi connectivity index (χ3v) is 7.54. The van der Waals surface area contributed by atoms with Gasteiger partial charge in [0.05, 0.1) is 4.90 Å². The number of amides is 1. The largest absolute Gasteiger partial charge is 0.322 e. The van der Waals surface area contributed by atoms with Crippen LogP contribution in [0.3, 0.4) is 0 Å².